The molecule has 16 heavy (non-hydrogen) atoms. The molecule has 4 nitrogen and oxygen atoms in total. The Morgan fingerprint density at radius 1 is 1.56 bits per heavy atom. The molecule has 0 amide bonds. The van der Waals surface area contributed by atoms with Crippen molar-refractivity contribution in [2.75, 3.05) is 13.7 Å². The lowest BCUT2D eigenvalue weighted by molar-refractivity contribution is -0.155. The van der Waals surface area contributed by atoms with Crippen molar-refractivity contribution in [1.29, 1.82) is 0 Å². The molecule has 4 heteroatoms. The highest BCUT2D eigenvalue weighted by molar-refractivity contribution is 5.79. The van der Waals surface area contributed by atoms with Crippen molar-refractivity contribution in [3.05, 3.63) is 24.0 Å². The number of hydrogen-bond donors (Lipinski definition) is 1. The van der Waals surface area contributed by atoms with Crippen molar-refractivity contribution in [3.8, 4) is 0 Å². The van der Waals surface area contributed by atoms with Crippen molar-refractivity contribution in [2.24, 2.45) is 0 Å². The molecule has 0 spiro atoms. The van der Waals surface area contributed by atoms with E-state index in [9.17, 15) is 4.79 Å². The molecule has 90 valence electrons. The van der Waals surface area contributed by atoms with Crippen LogP contribution >= 0.6 is 0 Å². The van der Waals surface area contributed by atoms with E-state index in [1.807, 2.05) is 51.0 Å². The first-order valence-electron chi connectivity index (χ1n) is 5.49. The highest BCUT2D eigenvalue weighted by Gasteiger charge is 2.33. The van der Waals surface area contributed by atoms with E-state index in [0.717, 1.165) is 5.69 Å². The monoisotopic (exact) mass is 224 g/mol. The Hall–Kier alpha value is -1.29. The molecule has 0 fully saturated rings. The number of likely N-dealkylation sites (N-methyl/N-ethyl adjacent to an activating group) is 1. The second-order valence-electron chi connectivity index (χ2n) is 4.33. The van der Waals surface area contributed by atoms with Crippen LogP contribution < -0.4 is 0 Å². The Morgan fingerprint density at radius 2 is 2.25 bits per heavy atom. The molecule has 0 saturated carbocycles. The average molecular weight is 224 g/mol. The van der Waals surface area contributed by atoms with Crippen molar-refractivity contribution >= 4 is 5.97 Å². The zero-order valence-electron chi connectivity index (χ0n) is 10.4. The van der Waals surface area contributed by atoms with Crippen LogP contribution in [0.4, 0.5) is 0 Å². The zero-order chi connectivity index (χ0) is 12.2. The quantitative estimate of drug-likeness (QED) is 0.775. The van der Waals surface area contributed by atoms with Gasteiger partial charge in [0.2, 0.25) is 0 Å². The normalized spacial score (nSPS) is 11.8. The summed E-state index contributed by atoms with van der Waals surface area (Å²) in [5, 5.41) is 0. The Morgan fingerprint density at radius 3 is 2.75 bits per heavy atom. The fraction of sp³-hybridized carbons (Fsp3) is 0.583. The molecule has 0 bridgehead atoms. The predicted octanol–water partition coefficient (Wildman–Crippen LogP) is 1.79. The van der Waals surface area contributed by atoms with Crippen LogP contribution in [0.25, 0.3) is 0 Å². The Kier molecular flexibility index (Phi) is 4.12. The van der Waals surface area contributed by atoms with Gasteiger partial charge in [0.05, 0.1) is 6.61 Å². The highest BCUT2D eigenvalue weighted by Crippen LogP contribution is 2.16. The standard InChI is InChI=1S/C12H20N2O2/c1-5-16-11(15)12(2,3)14(4)9-10-7-6-8-13-10/h6-8,13H,5,9H2,1-4H3. The van der Waals surface area contributed by atoms with Gasteiger partial charge in [-0.25, -0.2) is 0 Å². The van der Waals surface area contributed by atoms with Crippen molar-refractivity contribution in [3.63, 3.8) is 0 Å². The topological polar surface area (TPSA) is 45.3 Å². The molecule has 1 aromatic rings. The molecule has 1 aromatic heterocycles. The van der Waals surface area contributed by atoms with E-state index >= 15 is 0 Å². The van der Waals surface area contributed by atoms with Crippen LogP contribution in [0, 0.1) is 0 Å². The number of rotatable bonds is 5. The lowest BCUT2D eigenvalue weighted by atomic mass is 10.0. The van der Waals surface area contributed by atoms with Gasteiger partial charge in [-0.05, 0) is 40.0 Å². The first kappa shape index (κ1) is 12.8. The van der Waals surface area contributed by atoms with Gasteiger partial charge in [0.1, 0.15) is 5.54 Å². The summed E-state index contributed by atoms with van der Waals surface area (Å²) in [4.78, 5) is 16.8. The summed E-state index contributed by atoms with van der Waals surface area (Å²) in [5.41, 5.74) is 0.473. The van der Waals surface area contributed by atoms with Crippen molar-refractivity contribution in [2.45, 2.75) is 32.9 Å². The van der Waals surface area contributed by atoms with E-state index in [-0.39, 0.29) is 5.97 Å². The Labute approximate surface area is 96.6 Å². The number of nitrogens with one attached hydrogen (secondary N) is 1. The third kappa shape index (κ3) is 2.85. The van der Waals surface area contributed by atoms with Gasteiger partial charge in [-0.2, -0.15) is 0 Å². The molecule has 0 aliphatic rings. The van der Waals surface area contributed by atoms with E-state index in [1.54, 1.807) is 0 Å². The maximum Gasteiger partial charge on any atom is 0.325 e. The number of aromatic nitrogens is 1. The minimum absolute atomic E-state index is 0.191. The molecule has 1 heterocycles. The summed E-state index contributed by atoms with van der Waals surface area (Å²) in [7, 11) is 1.91. The van der Waals surface area contributed by atoms with Gasteiger partial charge in [0.15, 0.2) is 0 Å². The summed E-state index contributed by atoms with van der Waals surface area (Å²) in [6.45, 7) is 6.66. The summed E-state index contributed by atoms with van der Waals surface area (Å²) < 4.78 is 5.06. The summed E-state index contributed by atoms with van der Waals surface area (Å²) in [6.07, 6.45) is 1.88. The van der Waals surface area contributed by atoms with Gasteiger partial charge < -0.3 is 9.72 Å². The first-order chi connectivity index (χ1) is 7.48. The van der Waals surface area contributed by atoms with Gasteiger partial charge in [-0.15, -0.1) is 0 Å². The lowest BCUT2D eigenvalue weighted by Crippen LogP contribution is -2.48. The number of ether oxygens (including phenoxy) is 1. The third-order valence-electron chi connectivity index (χ3n) is 2.80. The predicted molar refractivity (Wildman–Crippen MR) is 63.0 cm³/mol. The van der Waals surface area contributed by atoms with Gasteiger partial charge in [-0.1, -0.05) is 0 Å². The molecular weight excluding hydrogens is 204 g/mol. The van der Waals surface area contributed by atoms with Crippen molar-refractivity contribution < 1.29 is 9.53 Å². The SMILES string of the molecule is CCOC(=O)C(C)(C)N(C)Cc1ccc[nH]1. The van der Waals surface area contributed by atoms with Crippen LogP contribution in [0.1, 0.15) is 26.5 Å². The lowest BCUT2D eigenvalue weighted by Gasteiger charge is -2.32. The third-order valence-corrected chi connectivity index (χ3v) is 2.80. The number of carbonyl (C=O) groups is 1. The minimum Gasteiger partial charge on any atom is -0.465 e. The minimum atomic E-state index is -0.610. The molecule has 0 saturated heterocycles. The van der Waals surface area contributed by atoms with Crippen LogP contribution in [0.2, 0.25) is 0 Å². The molecule has 0 radical (unpaired) electrons. The van der Waals surface area contributed by atoms with Gasteiger partial charge in [-0.3, -0.25) is 9.69 Å². The number of hydrogen-bond acceptors (Lipinski definition) is 3. The highest BCUT2D eigenvalue weighted by atomic mass is 16.5. The van der Waals surface area contributed by atoms with E-state index in [1.165, 1.54) is 0 Å². The Bertz CT molecular complexity index is 331. The maximum atomic E-state index is 11.8. The molecule has 0 unspecified atom stereocenters. The second-order valence-corrected chi connectivity index (χ2v) is 4.33. The van der Waals surface area contributed by atoms with E-state index in [2.05, 4.69) is 4.98 Å². The molecule has 0 aromatic carbocycles. The van der Waals surface area contributed by atoms with Crippen molar-refractivity contribution in [1.82, 2.24) is 9.88 Å². The fourth-order valence-corrected chi connectivity index (χ4v) is 1.38. The Balaban J connectivity index is 2.64. The molecule has 0 aliphatic heterocycles. The average Bonchev–Trinajstić information content (AvgIpc) is 2.70. The van der Waals surface area contributed by atoms with E-state index in [0.29, 0.717) is 13.2 Å². The first-order valence-corrected chi connectivity index (χ1v) is 5.49. The largest absolute Gasteiger partial charge is 0.465 e. The maximum absolute atomic E-state index is 11.8. The zero-order valence-corrected chi connectivity index (χ0v) is 10.4. The summed E-state index contributed by atoms with van der Waals surface area (Å²) in [6, 6.07) is 3.94. The van der Waals surface area contributed by atoms with Crippen LogP contribution in [0.15, 0.2) is 18.3 Å². The summed E-state index contributed by atoms with van der Waals surface area (Å²) >= 11 is 0. The molecule has 1 rings (SSSR count). The number of carbonyl (C=O) groups excluding carboxylic acids is 1. The molecular formula is C12H20N2O2. The van der Waals surface area contributed by atoms with Crippen LogP contribution in [-0.2, 0) is 16.1 Å². The summed E-state index contributed by atoms with van der Waals surface area (Å²) in [5.74, 6) is -0.191. The molecule has 0 atom stereocenters. The van der Waals surface area contributed by atoms with Crippen LogP contribution in [-0.4, -0.2) is 35.0 Å². The fourth-order valence-electron chi connectivity index (χ4n) is 1.38. The van der Waals surface area contributed by atoms with Gasteiger partial charge in [0, 0.05) is 18.4 Å². The number of aromatic amines is 1. The number of H-pyrrole nitrogens is 1. The smallest absolute Gasteiger partial charge is 0.325 e. The number of nitrogens with zero attached hydrogens (tertiary/aromatic N) is 1. The van der Waals surface area contributed by atoms with Gasteiger partial charge >= 0.3 is 5.97 Å². The van der Waals surface area contributed by atoms with Crippen LogP contribution in [0.5, 0.6) is 0 Å². The number of esters is 1. The van der Waals surface area contributed by atoms with Gasteiger partial charge in [0.25, 0.3) is 0 Å². The molecule has 1 N–H and O–H groups in total. The van der Waals surface area contributed by atoms with Crippen LogP contribution in [0.3, 0.4) is 0 Å². The van der Waals surface area contributed by atoms with E-state index in [4.69, 9.17) is 4.74 Å². The van der Waals surface area contributed by atoms with E-state index < -0.39 is 5.54 Å². The second kappa shape index (κ2) is 5.16. The molecule has 0 aliphatic carbocycles.